The summed E-state index contributed by atoms with van der Waals surface area (Å²) < 4.78 is 10.6. The highest BCUT2D eigenvalue weighted by Crippen LogP contribution is 2.34. The van der Waals surface area contributed by atoms with Crippen LogP contribution < -0.4 is 10.1 Å². The largest absolute Gasteiger partial charge is 0.493 e. The molecule has 6 heteroatoms. The van der Waals surface area contributed by atoms with Gasteiger partial charge in [-0.1, -0.05) is 18.2 Å². The standard InChI is InChI=1S/C15H16N2O3S/c1-2-19-14(18)12-9-21-15(17-12)16-11-7-8-20-13-6-4-3-5-10(11)13/h3-6,9,11H,2,7-8H2,1H3,(H,16,17). The van der Waals surface area contributed by atoms with Gasteiger partial charge in [0, 0.05) is 17.4 Å². The molecular formula is C15H16N2O3S. The summed E-state index contributed by atoms with van der Waals surface area (Å²) in [6, 6.07) is 8.12. The number of aromatic nitrogens is 1. The van der Waals surface area contributed by atoms with Gasteiger partial charge in [-0.05, 0) is 13.0 Å². The van der Waals surface area contributed by atoms with Crippen LogP contribution in [0.15, 0.2) is 29.6 Å². The number of carbonyl (C=O) groups excluding carboxylic acids is 1. The lowest BCUT2D eigenvalue weighted by atomic mass is 10.0. The van der Waals surface area contributed by atoms with Gasteiger partial charge in [-0.15, -0.1) is 11.3 Å². The second-order valence-electron chi connectivity index (χ2n) is 4.63. The van der Waals surface area contributed by atoms with Crippen LogP contribution in [0.4, 0.5) is 5.13 Å². The molecule has 2 heterocycles. The van der Waals surface area contributed by atoms with Crippen molar-refractivity contribution in [1.82, 2.24) is 4.98 Å². The zero-order valence-electron chi connectivity index (χ0n) is 11.7. The van der Waals surface area contributed by atoms with Crippen LogP contribution in [0.1, 0.15) is 35.4 Å². The number of carbonyl (C=O) groups is 1. The molecule has 1 aliphatic heterocycles. The lowest BCUT2D eigenvalue weighted by molar-refractivity contribution is 0.0520. The molecule has 0 saturated carbocycles. The van der Waals surface area contributed by atoms with Crippen LogP contribution in [0.5, 0.6) is 5.75 Å². The summed E-state index contributed by atoms with van der Waals surface area (Å²) in [5, 5.41) is 5.81. The highest BCUT2D eigenvalue weighted by Gasteiger charge is 2.22. The minimum atomic E-state index is -0.380. The van der Waals surface area contributed by atoms with Gasteiger partial charge in [-0.2, -0.15) is 0 Å². The number of rotatable bonds is 4. The van der Waals surface area contributed by atoms with Crippen molar-refractivity contribution in [2.24, 2.45) is 0 Å². The van der Waals surface area contributed by atoms with E-state index in [1.807, 2.05) is 24.3 Å². The summed E-state index contributed by atoms with van der Waals surface area (Å²) in [5.41, 5.74) is 1.47. The molecule has 1 aromatic carbocycles. The Bertz CT molecular complexity index is 641. The fourth-order valence-electron chi connectivity index (χ4n) is 2.28. The van der Waals surface area contributed by atoms with Crippen LogP contribution in [0.2, 0.25) is 0 Å². The van der Waals surface area contributed by atoms with Gasteiger partial charge in [0.15, 0.2) is 10.8 Å². The molecule has 1 unspecified atom stereocenters. The van der Waals surface area contributed by atoms with E-state index in [9.17, 15) is 4.79 Å². The molecule has 0 radical (unpaired) electrons. The number of thiazole rings is 1. The quantitative estimate of drug-likeness (QED) is 0.879. The number of fused-ring (bicyclic) bond motifs is 1. The van der Waals surface area contributed by atoms with Crippen molar-refractivity contribution in [2.45, 2.75) is 19.4 Å². The Balaban J connectivity index is 1.75. The zero-order valence-corrected chi connectivity index (χ0v) is 12.5. The maximum atomic E-state index is 11.6. The van der Waals surface area contributed by atoms with E-state index in [1.54, 1.807) is 12.3 Å². The smallest absolute Gasteiger partial charge is 0.357 e. The van der Waals surface area contributed by atoms with Gasteiger partial charge in [0.2, 0.25) is 0 Å². The van der Waals surface area contributed by atoms with E-state index in [1.165, 1.54) is 11.3 Å². The molecule has 21 heavy (non-hydrogen) atoms. The van der Waals surface area contributed by atoms with Crippen molar-refractivity contribution in [3.8, 4) is 5.75 Å². The summed E-state index contributed by atoms with van der Waals surface area (Å²) >= 11 is 1.41. The number of nitrogens with one attached hydrogen (secondary N) is 1. The molecule has 1 aromatic heterocycles. The van der Waals surface area contributed by atoms with Gasteiger partial charge in [0.05, 0.1) is 19.3 Å². The fourth-order valence-corrected chi connectivity index (χ4v) is 3.01. The number of nitrogens with zero attached hydrogens (tertiary/aromatic N) is 1. The molecule has 5 nitrogen and oxygen atoms in total. The summed E-state index contributed by atoms with van der Waals surface area (Å²) in [5.74, 6) is 0.526. The first-order valence-corrected chi connectivity index (χ1v) is 7.77. The number of hydrogen-bond donors (Lipinski definition) is 1. The molecule has 0 bridgehead atoms. The van der Waals surface area contributed by atoms with Crippen LogP contribution in [0.25, 0.3) is 0 Å². The number of anilines is 1. The Morgan fingerprint density at radius 2 is 2.38 bits per heavy atom. The zero-order chi connectivity index (χ0) is 14.7. The van der Waals surface area contributed by atoms with Gasteiger partial charge >= 0.3 is 5.97 Å². The predicted octanol–water partition coefficient (Wildman–Crippen LogP) is 3.26. The van der Waals surface area contributed by atoms with Gasteiger partial charge in [0.1, 0.15) is 5.75 Å². The monoisotopic (exact) mass is 304 g/mol. The molecule has 3 rings (SSSR count). The molecule has 0 spiro atoms. The third kappa shape index (κ3) is 3.00. The molecule has 110 valence electrons. The van der Waals surface area contributed by atoms with E-state index < -0.39 is 0 Å². The van der Waals surface area contributed by atoms with Crippen LogP contribution in [0, 0.1) is 0 Å². The molecule has 0 fully saturated rings. The molecule has 0 saturated heterocycles. The molecule has 1 atom stereocenters. The normalized spacial score (nSPS) is 16.7. The van der Waals surface area contributed by atoms with Crippen molar-refractivity contribution in [2.75, 3.05) is 18.5 Å². The molecule has 0 aliphatic carbocycles. The average Bonchev–Trinajstić information content (AvgIpc) is 2.97. The Hall–Kier alpha value is -2.08. The van der Waals surface area contributed by atoms with Gasteiger partial charge in [-0.3, -0.25) is 0 Å². The molecule has 2 aromatic rings. The van der Waals surface area contributed by atoms with E-state index in [2.05, 4.69) is 10.3 Å². The Kier molecular flexibility index (Phi) is 4.06. The fraction of sp³-hybridized carbons (Fsp3) is 0.333. The lowest BCUT2D eigenvalue weighted by Gasteiger charge is -2.26. The topological polar surface area (TPSA) is 60.5 Å². The van der Waals surface area contributed by atoms with Gasteiger partial charge < -0.3 is 14.8 Å². The summed E-state index contributed by atoms with van der Waals surface area (Å²) in [6.45, 7) is 2.81. The molecule has 0 amide bonds. The van der Waals surface area contributed by atoms with E-state index in [0.717, 1.165) is 22.9 Å². The first kappa shape index (κ1) is 13.9. The second-order valence-corrected chi connectivity index (χ2v) is 5.49. The highest BCUT2D eigenvalue weighted by atomic mass is 32.1. The van der Waals surface area contributed by atoms with E-state index in [4.69, 9.17) is 9.47 Å². The number of ether oxygens (including phenoxy) is 2. The molecule has 1 N–H and O–H groups in total. The minimum absolute atomic E-state index is 0.149. The number of benzene rings is 1. The van der Waals surface area contributed by atoms with Crippen LogP contribution >= 0.6 is 11.3 Å². The van der Waals surface area contributed by atoms with Crippen molar-refractivity contribution in [3.63, 3.8) is 0 Å². The number of esters is 1. The highest BCUT2D eigenvalue weighted by molar-refractivity contribution is 7.13. The first-order valence-electron chi connectivity index (χ1n) is 6.89. The van der Waals surface area contributed by atoms with Crippen LogP contribution in [-0.2, 0) is 4.74 Å². The third-order valence-corrected chi connectivity index (χ3v) is 4.02. The lowest BCUT2D eigenvalue weighted by Crippen LogP contribution is -2.20. The molecular weight excluding hydrogens is 288 g/mol. The average molecular weight is 304 g/mol. The Labute approximate surface area is 126 Å². The van der Waals surface area contributed by atoms with Crippen molar-refractivity contribution < 1.29 is 14.3 Å². The maximum absolute atomic E-state index is 11.6. The molecule has 1 aliphatic rings. The van der Waals surface area contributed by atoms with Crippen LogP contribution in [-0.4, -0.2) is 24.2 Å². The Morgan fingerprint density at radius 3 is 3.24 bits per heavy atom. The Morgan fingerprint density at radius 1 is 1.52 bits per heavy atom. The summed E-state index contributed by atoms with van der Waals surface area (Å²) in [7, 11) is 0. The van der Waals surface area contributed by atoms with Gasteiger partial charge in [-0.25, -0.2) is 9.78 Å². The van der Waals surface area contributed by atoms with Crippen LogP contribution in [0.3, 0.4) is 0 Å². The SMILES string of the molecule is CCOC(=O)c1csc(NC2CCOc3ccccc32)n1. The van der Waals surface area contributed by atoms with E-state index in [-0.39, 0.29) is 12.0 Å². The second kappa shape index (κ2) is 6.13. The predicted molar refractivity (Wildman–Crippen MR) is 81.0 cm³/mol. The third-order valence-electron chi connectivity index (χ3n) is 3.24. The van der Waals surface area contributed by atoms with E-state index >= 15 is 0 Å². The maximum Gasteiger partial charge on any atom is 0.357 e. The summed E-state index contributed by atoms with van der Waals surface area (Å²) in [6.07, 6.45) is 0.866. The van der Waals surface area contributed by atoms with Crippen molar-refractivity contribution in [1.29, 1.82) is 0 Å². The number of para-hydroxylation sites is 1. The van der Waals surface area contributed by atoms with Gasteiger partial charge in [0.25, 0.3) is 0 Å². The minimum Gasteiger partial charge on any atom is -0.493 e. The van der Waals surface area contributed by atoms with E-state index in [0.29, 0.717) is 18.9 Å². The van der Waals surface area contributed by atoms with Crippen molar-refractivity contribution >= 4 is 22.4 Å². The van der Waals surface area contributed by atoms with Crippen molar-refractivity contribution in [3.05, 3.63) is 40.9 Å². The number of hydrogen-bond acceptors (Lipinski definition) is 6. The summed E-state index contributed by atoms with van der Waals surface area (Å²) in [4.78, 5) is 15.9. The first-order chi connectivity index (χ1) is 10.3.